The third kappa shape index (κ3) is 3.10. The molecule has 1 aliphatic rings. The fourth-order valence-corrected chi connectivity index (χ4v) is 3.98. The predicted molar refractivity (Wildman–Crippen MR) is 98.3 cm³/mol. The standard InChI is InChI=1S/C20H17NO3S/c1-23-15-6-4-5-13(9-15)11-21-20(22)18-10-14-12-24-17-8-3-2-7-16(17)19(14)25-18/h2-10H,11-12H2,1H3,(H,21,22). The molecule has 2 aromatic carbocycles. The van der Waals surface area contributed by atoms with Crippen LogP contribution >= 0.6 is 11.3 Å². The van der Waals surface area contributed by atoms with Crippen molar-refractivity contribution >= 4 is 17.2 Å². The number of hydrogen-bond acceptors (Lipinski definition) is 4. The van der Waals surface area contributed by atoms with Gasteiger partial charge in [-0.1, -0.05) is 24.3 Å². The number of rotatable bonds is 4. The first kappa shape index (κ1) is 15.7. The van der Waals surface area contributed by atoms with Crippen molar-refractivity contribution < 1.29 is 14.3 Å². The van der Waals surface area contributed by atoms with Gasteiger partial charge in [0.1, 0.15) is 18.1 Å². The Balaban J connectivity index is 1.51. The molecule has 0 radical (unpaired) electrons. The number of fused-ring (bicyclic) bond motifs is 3. The van der Waals surface area contributed by atoms with Crippen molar-refractivity contribution in [3.05, 3.63) is 70.6 Å². The van der Waals surface area contributed by atoms with Crippen LogP contribution in [0, 0.1) is 0 Å². The molecule has 126 valence electrons. The summed E-state index contributed by atoms with van der Waals surface area (Å²) in [5, 5.41) is 2.97. The lowest BCUT2D eigenvalue weighted by molar-refractivity contribution is 0.0955. The van der Waals surface area contributed by atoms with E-state index in [1.54, 1.807) is 7.11 Å². The minimum atomic E-state index is -0.0697. The number of methoxy groups -OCH3 is 1. The fraction of sp³-hybridized carbons (Fsp3) is 0.150. The molecule has 1 amide bonds. The maximum atomic E-state index is 12.5. The topological polar surface area (TPSA) is 47.6 Å². The summed E-state index contributed by atoms with van der Waals surface area (Å²) in [6.45, 7) is 0.970. The highest BCUT2D eigenvalue weighted by atomic mass is 32.1. The van der Waals surface area contributed by atoms with E-state index in [0.717, 1.165) is 33.1 Å². The average Bonchev–Trinajstić information content (AvgIpc) is 3.11. The van der Waals surface area contributed by atoms with Crippen LogP contribution < -0.4 is 14.8 Å². The van der Waals surface area contributed by atoms with Gasteiger partial charge in [-0.2, -0.15) is 0 Å². The van der Waals surface area contributed by atoms with Gasteiger partial charge in [0.15, 0.2) is 0 Å². The van der Waals surface area contributed by atoms with Crippen molar-refractivity contribution in [3.63, 3.8) is 0 Å². The van der Waals surface area contributed by atoms with E-state index in [4.69, 9.17) is 9.47 Å². The normalized spacial score (nSPS) is 11.9. The Bertz CT molecular complexity index is 932. The third-order valence-electron chi connectivity index (χ3n) is 4.13. The fourth-order valence-electron chi connectivity index (χ4n) is 2.86. The SMILES string of the molecule is COc1cccc(CNC(=O)c2cc3c(s2)-c2ccccc2OC3)c1. The summed E-state index contributed by atoms with van der Waals surface area (Å²) in [7, 11) is 1.63. The lowest BCUT2D eigenvalue weighted by atomic mass is 10.1. The van der Waals surface area contributed by atoms with E-state index in [9.17, 15) is 4.79 Å². The number of hydrogen-bond donors (Lipinski definition) is 1. The van der Waals surface area contributed by atoms with Crippen molar-refractivity contribution in [2.75, 3.05) is 7.11 Å². The molecule has 4 nitrogen and oxygen atoms in total. The van der Waals surface area contributed by atoms with Crippen LogP contribution in [0.15, 0.2) is 54.6 Å². The summed E-state index contributed by atoms with van der Waals surface area (Å²) in [5.74, 6) is 1.59. The van der Waals surface area contributed by atoms with E-state index in [1.807, 2.05) is 54.6 Å². The number of para-hydroxylation sites is 1. The first-order chi connectivity index (χ1) is 12.2. The van der Waals surface area contributed by atoms with Gasteiger partial charge in [0.25, 0.3) is 5.91 Å². The van der Waals surface area contributed by atoms with Gasteiger partial charge in [-0.15, -0.1) is 11.3 Å². The molecule has 4 rings (SSSR count). The molecule has 5 heteroatoms. The third-order valence-corrected chi connectivity index (χ3v) is 5.34. The van der Waals surface area contributed by atoms with Gasteiger partial charge in [0, 0.05) is 22.5 Å². The molecular formula is C20H17NO3S. The summed E-state index contributed by atoms with van der Waals surface area (Å²) in [4.78, 5) is 14.4. The molecule has 0 fully saturated rings. The van der Waals surface area contributed by atoms with Crippen molar-refractivity contribution in [3.8, 4) is 21.9 Å². The van der Waals surface area contributed by atoms with E-state index in [-0.39, 0.29) is 5.91 Å². The zero-order valence-corrected chi connectivity index (χ0v) is 14.6. The van der Waals surface area contributed by atoms with Gasteiger partial charge in [-0.05, 0) is 35.9 Å². The van der Waals surface area contributed by atoms with Crippen LogP contribution in [0.3, 0.4) is 0 Å². The van der Waals surface area contributed by atoms with Crippen LogP contribution in [0.2, 0.25) is 0 Å². The molecule has 0 atom stereocenters. The lowest BCUT2D eigenvalue weighted by Crippen LogP contribution is -2.21. The van der Waals surface area contributed by atoms with Crippen LogP contribution in [0.5, 0.6) is 11.5 Å². The molecule has 1 aromatic heterocycles. The first-order valence-corrected chi connectivity index (χ1v) is 8.82. The van der Waals surface area contributed by atoms with Crippen molar-refractivity contribution in [1.82, 2.24) is 5.32 Å². The average molecular weight is 351 g/mol. The molecule has 0 saturated carbocycles. The predicted octanol–water partition coefficient (Wildman–Crippen LogP) is 4.25. The molecule has 0 saturated heterocycles. The van der Waals surface area contributed by atoms with Gasteiger partial charge < -0.3 is 14.8 Å². The highest BCUT2D eigenvalue weighted by Crippen LogP contribution is 2.42. The molecule has 3 aromatic rings. The van der Waals surface area contributed by atoms with E-state index in [1.165, 1.54) is 11.3 Å². The van der Waals surface area contributed by atoms with E-state index in [2.05, 4.69) is 5.32 Å². The van der Waals surface area contributed by atoms with Crippen LogP contribution in [0.4, 0.5) is 0 Å². The number of thiophene rings is 1. The molecular weight excluding hydrogens is 334 g/mol. The Kier molecular flexibility index (Phi) is 4.15. The zero-order chi connectivity index (χ0) is 17.2. The highest BCUT2D eigenvalue weighted by Gasteiger charge is 2.22. The molecule has 0 spiro atoms. The monoisotopic (exact) mass is 351 g/mol. The number of amides is 1. The molecule has 1 aliphatic heterocycles. The second-order valence-electron chi connectivity index (χ2n) is 5.78. The Labute approximate surface area is 150 Å². The Hall–Kier alpha value is -2.79. The van der Waals surface area contributed by atoms with Gasteiger partial charge in [0.2, 0.25) is 0 Å². The number of nitrogens with one attached hydrogen (secondary N) is 1. The highest BCUT2D eigenvalue weighted by molar-refractivity contribution is 7.17. The number of ether oxygens (including phenoxy) is 2. The zero-order valence-electron chi connectivity index (χ0n) is 13.7. The van der Waals surface area contributed by atoms with Crippen LogP contribution in [0.25, 0.3) is 10.4 Å². The second-order valence-corrected chi connectivity index (χ2v) is 6.84. The summed E-state index contributed by atoms with van der Waals surface area (Å²) in [6, 6.07) is 17.5. The van der Waals surface area contributed by atoms with Gasteiger partial charge in [0.05, 0.1) is 12.0 Å². The summed E-state index contributed by atoms with van der Waals surface area (Å²) >= 11 is 1.51. The molecule has 0 bridgehead atoms. The van der Waals surface area contributed by atoms with Crippen molar-refractivity contribution in [2.24, 2.45) is 0 Å². The van der Waals surface area contributed by atoms with Crippen molar-refractivity contribution in [1.29, 1.82) is 0 Å². The van der Waals surface area contributed by atoms with Crippen LogP contribution in [0.1, 0.15) is 20.8 Å². The molecule has 25 heavy (non-hydrogen) atoms. The first-order valence-electron chi connectivity index (χ1n) is 8.00. The summed E-state index contributed by atoms with van der Waals surface area (Å²) in [5.41, 5.74) is 3.12. The summed E-state index contributed by atoms with van der Waals surface area (Å²) < 4.78 is 11.0. The van der Waals surface area contributed by atoms with Crippen LogP contribution in [-0.4, -0.2) is 13.0 Å². The molecule has 1 N–H and O–H groups in total. The molecule has 0 aliphatic carbocycles. The lowest BCUT2D eigenvalue weighted by Gasteiger charge is -2.16. The molecule has 2 heterocycles. The van der Waals surface area contributed by atoms with Gasteiger partial charge in [-0.3, -0.25) is 4.79 Å². The smallest absolute Gasteiger partial charge is 0.261 e. The minimum Gasteiger partial charge on any atom is -0.497 e. The Morgan fingerprint density at radius 2 is 2.08 bits per heavy atom. The maximum Gasteiger partial charge on any atom is 0.261 e. The van der Waals surface area contributed by atoms with Gasteiger partial charge >= 0.3 is 0 Å². The van der Waals surface area contributed by atoms with Gasteiger partial charge in [-0.25, -0.2) is 0 Å². The molecule has 0 unspecified atom stereocenters. The Morgan fingerprint density at radius 3 is 2.96 bits per heavy atom. The van der Waals surface area contributed by atoms with E-state index in [0.29, 0.717) is 18.0 Å². The summed E-state index contributed by atoms with van der Waals surface area (Å²) in [6.07, 6.45) is 0. The van der Waals surface area contributed by atoms with E-state index < -0.39 is 0 Å². The largest absolute Gasteiger partial charge is 0.497 e. The van der Waals surface area contributed by atoms with Crippen molar-refractivity contribution in [2.45, 2.75) is 13.2 Å². The second kappa shape index (κ2) is 6.61. The number of benzene rings is 2. The minimum absolute atomic E-state index is 0.0697. The maximum absolute atomic E-state index is 12.5. The Morgan fingerprint density at radius 1 is 1.20 bits per heavy atom. The number of carbonyl (C=O) groups excluding carboxylic acids is 1. The quantitative estimate of drug-likeness (QED) is 0.764. The van der Waals surface area contributed by atoms with Crippen LogP contribution in [-0.2, 0) is 13.2 Å². The van der Waals surface area contributed by atoms with E-state index >= 15 is 0 Å². The number of carbonyl (C=O) groups is 1.